The summed E-state index contributed by atoms with van der Waals surface area (Å²) in [4.78, 5) is 11.9. The van der Waals surface area contributed by atoms with Crippen molar-refractivity contribution in [3.8, 4) is 0 Å². The van der Waals surface area contributed by atoms with Gasteiger partial charge in [0.2, 0.25) is 0 Å². The van der Waals surface area contributed by atoms with Crippen molar-refractivity contribution in [3.63, 3.8) is 0 Å². The number of ether oxygens (including phenoxy) is 2. The molecule has 240 valence electrons. The molecular formula is C36H72O4. The first-order valence-corrected chi connectivity index (χ1v) is 18.1. The lowest BCUT2D eigenvalue weighted by molar-refractivity contribution is -0.147. The number of carbonyl (C=O) groups is 1. The minimum absolute atomic E-state index is 0.0517. The van der Waals surface area contributed by atoms with Crippen LogP contribution in [0.2, 0.25) is 0 Å². The van der Waals surface area contributed by atoms with Gasteiger partial charge in [0.05, 0.1) is 6.61 Å². The molecule has 0 amide bonds. The molecule has 0 aromatic rings. The SMILES string of the molecule is CCCCCCCCCCCCCCCCCOC[C@@H](O)COC(=O)CCCCCCCCCCCCCCC. The van der Waals surface area contributed by atoms with Crippen LogP contribution in [-0.2, 0) is 14.3 Å². The number of carbonyl (C=O) groups excluding carboxylic acids is 1. The van der Waals surface area contributed by atoms with Crippen molar-refractivity contribution in [2.24, 2.45) is 0 Å². The van der Waals surface area contributed by atoms with Gasteiger partial charge in [-0.3, -0.25) is 4.79 Å². The molecule has 4 heteroatoms. The van der Waals surface area contributed by atoms with Gasteiger partial charge in [0.15, 0.2) is 0 Å². The van der Waals surface area contributed by atoms with Crippen LogP contribution in [0.3, 0.4) is 0 Å². The summed E-state index contributed by atoms with van der Waals surface area (Å²) >= 11 is 0. The highest BCUT2D eigenvalue weighted by Gasteiger charge is 2.09. The molecule has 0 heterocycles. The average molecular weight is 569 g/mol. The Hall–Kier alpha value is -0.610. The molecule has 0 spiro atoms. The highest BCUT2D eigenvalue weighted by molar-refractivity contribution is 5.69. The normalized spacial score (nSPS) is 12.2. The van der Waals surface area contributed by atoms with Crippen molar-refractivity contribution >= 4 is 5.97 Å². The minimum atomic E-state index is -0.716. The Kier molecular flexibility index (Phi) is 34.1. The molecular weight excluding hydrogens is 496 g/mol. The van der Waals surface area contributed by atoms with Gasteiger partial charge in [0.1, 0.15) is 12.7 Å². The van der Waals surface area contributed by atoms with Crippen LogP contribution in [0, 0.1) is 0 Å². The van der Waals surface area contributed by atoms with Crippen molar-refractivity contribution in [2.75, 3.05) is 19.8 Å². The molecule has 0 bridgehead atoms. The molecule has 0 aliphatic heterocycles. The molecule has 40 heavy (non-hydrogen) atoms. The largest absolute Gasteiger partial charge is 0.463 e. The number of aliphatic hydroxyl groups excluding tert-OH is 1. The first-order chi connectivity index (χ1) is 19.7. The van der Waals surface area contributed by atoms with Crippen LogP contribution in [0.4, 0.5) is 0 Å². The number of hydrogen-bond acceptors (Lipinski definition) is 4. The van der Waals surface area contributed by atoms with Gasteiger partial charge >= 0.3 is 5.97 Å². The monoisotopic (exact) mass is 569 g/mol. The highest BCUT2D eigenvalue weighted by Crippen LogP contribution is 2.14. The standard InChI is InChI=1S/C36H72O4/c1-3-5-7-9-11-13-15-17-18-20-22-24-26-28-30-32-39-33-35(37)34-40-36(38)31-29-27-25-23-21-19-16-14-12-10-8-6-4-2/h35,37H,3-34H2,1-2H3/t35-/m1/s1. The topological polar surface area (TPSA) is 55.8 Å². The maximum absolute atomic E-state index is 11.9. The van der Waals surface area contributed by atoms with E-state index in [1.165, 1.54) is 161 Å². The van der Waals surface area contributed by atoms with E-state index in [0.29, 0.717) is 13.0 Å². The molecule has 1 atom stereocenters. The van der Waals surface area contributed by atoms with E-state index in [1.54, 1.807) is 0 Å². The Morgan fingerprint density at radius 3 is 1.18 bits per heavy atom. The molecule has 0 saturated carbocycles. The Morgan fingerprint density at radius 1 is 0.475 bits per heavy atom. The first-order valence-electron chi connectivity index (χ1n) is 18.1. The fraction of sp³-hybridized carbons (Fsp3) is 0.972. The lowest BCUT2D eigenvalue weighted by atomic mass is 10.0. The molecule has 0 rings (SSSR count). The quantitative estimate of drug-likeness (QED) is 0.0619. The van der Waals surface area contributed by atoms with Crippen LogP contribution < -0.4 is 0 Å². The van der Waals surface area contributed by atoms with Crippen molar-refractivity contribution < 1.29 is 19.4 Å². The molecule has 0 unspecified atom stereocenters. The first kappa shape index (κ1) is 39.4. The van der Waals surface area contributed by atoms with Crippen molar-refractivity contribution in [2.45, 2.75) is 206 Å². The molecule has 0 aliphatic rings. The van der Waals surface area contributed by atoms with Crippen LogP contribution in [-0.4, -0.2) is 37.0 Å². The Labute approximate surface area is 251 Å². The van der Waals surface area contributed by atoms with Gasteiger partial charge in [-0.25, -0.2) is 0 Å². The summed E-state index contributed by atoms with van der Waals surface area (Å²) in [5.74, 6) is -0.190. The molecule has 0 fully saturated rings. The summed E-state index contributed by atoms with van der Waals surface area (Å²) in [7, 11) is 0. The fourth-order valence-electron chi connectivity index (χ4n) is 5.39. The lowest BCUT2D eigenvalue weighted by Gasteiger charge is -2.12. The molecule has 0 aromatic heterocycles. The van der Waals surface area contributed by atoms with Crippen LogP contribution in [0.15, 0.2) is 0 Å². The second-order valence-corrected chi connectivity index (χ2v) is 12.4. The number of unbranched alkanes of at least 4 members (excludes halogenated alkanes) is 26. The second-order valence-electron chi connectivity index (χ2n) is 12.4. The lowest BCUT2D eigenvalue weighted by Crippen LogP contribution is -2.24. The van der Waals surface area contributed by atoms with E-state index >= 15 is 0 Å². The van der Waals surface area contributed by atoms with Crippen molar-refractivity contribution in [3.05, 3.63) is 0 Å². The van der Waals surface area contributed by atoms with Crippen molar-refractivity contribution in [1.29, 1.82) is 0 Å². The van der Waals surface area contributed by atoms with E-state index in [-0.39, 0.29) is 19.2 Å². The van der Waals surface area contributed by atoms with E-state index in [2.05, 4.69) is 13.8 Å². The van der Waals surface area contributed by atoms with Crippen LogP contribution in [0.1, 0.15) is 200 Å². The third kappa shape index (κ3) is 33.6. The molecule has 4 nitrogen and oxygen atoms in total. The maximum atomic E-state index is 11.9. The van der Waals surface area contributed by atoms with E-state index < -0.39 is 6.10 Å². The number of aliphatic hydroxyl groups is 1. The molecule has 0 aromatic carbocycles. The van der Waals surface area contributed by atoms with Gasteiger partial charge in [0, 0.05) is 13.0 Å². The number of esters is 1. The average Bonchev–Trinajstić information content (AvgIpc) is 2.96. The van der Waals surface area contributed by atoms with Crippen LogP contribution in [0.5, 0.6) is 0 Å². The molecule has 0 radical (unpaired) electrons. The number of hydrogen-bond donors (Lipinski definition) is 1. The highest BCUT2D eigenvalue weighted by atomic mass is 16.5. The summed E-state index contributed by atoms with van der Waals surface area (Å²) < 4.78 is 10.8. The zero-order valence-corrected chi connectivity index (χ0v) is 27.4. The van der Waals surface area contributed by atoms with E-state index in [1.807, 2.05) is 0 Å². The predicted octanol–water partition coefficient (Wildman–Crippen LogP) is 11.3. The smallest absolute Gasteiger partial charge is 0.305 e. The minimum Gasteiger partial charge on any atom is -0.463 e. The molecule has 0 aliphatic carbocycles. The zero-order valence-electron chi connectivity index (χ0n) is 27.4. The fourth-order valence-corrected chi connectivity index (χ4v) is 5.39. The van der Waals surface area contributed by atoms with Gasteiger partial charge in [-0.2, -0.15) is 0 Å². The summed E-state index contributed by atoms with van der Waals surface area (Å²) in [6.45, 7) is 5.54. The van der Waals surface area contributed by atoms with E-state index in [0.717, 1.165) is 19.3 Å². The number of rotatable bonds is 34. The second kappa shape index (κ2) is 34.6. The Balaban J connectivity index is 3.26. The van der Waals surface area contributed by atoms with Gasteiger partial charge in [0.25, 0.3) is 0 Å². The Morgan fingerprint density at radius 2 is 0.800 bits per heavy atom. The van der Waals surface area contributed by atoms with Crippen LogP contribution in [0.25, 0.3) is 0 Å². The van der Waals surface area contributed by atoms with Gasteiger partial charge in [-0.15, -0.1) is 0 Å². The molecule has 0 saturated heterocycles. The molecule has 1 N–H and O–H groups in total. The van der Waals surface area contributed by atoms with Crippen LogP contribution >= 0.6 is 0 Å². The van der Waals surface area contributed by atoms with E-state index in [9.17, 15) is 9.90 Å². The summed E-state index contributed by atoms with van der Waals surface area (Å²) in [5.41, 5.74) is 0. The summed E-state index contributed by atoms with van der Waals surface area (Å²) in [5, 5.41) is 10.0. The predicted molar refractivity (Wildman–Crippen MR) is 173 cm³/mol. The Bertz CT molecular complexity index is 481. The van der Waals surface area contributed by atoms with Crippen molar-refractivity contribution in [1.82, 2.24) is 0 Å². The summed E-state index contributed by atoms with van der Waals surface area (Å²) in [6.07, 6.45) is 36.9. The van der Waals surface area contributed by atoms with E-state index in [4.69, 9.17) is 9.47 Å². The zero-order chi connectivity index (χ0) is 29.2. The van der Waals surface area contributed by atoms with Gasteiger partial charge in [-0.1, -0.05) is 181 Å². The third-order valence-corrected chi connectivity index (χ3v) is 8.12. The van der Waals surface area contributed by atoms with Gasteiger partial charge < -0.3 is 14.6 Å². The third-order valence-electron chi connectivity index (χ3n) is 8.12. The van der Waals surface area contributed by atoms with Gasteiger partial charge in [-0.05, 0) is 12.8 Å². The summed E-state index contributed by atoms with van der Waals surface area (Å²) in [6, 6.07) is 0. The maximum Gasteiger partial charge on any atom is 0.305 e.